The minimum Gasteiger partial charge on any atom is -0.376 e. The molecule has 2 aromatic heterocycles. The lowest BCUT2D eigenvalue weighted by molar-refractivity contribution is -0.113. The molecule has 3 aromatic rings. The quantitative estimate of drug-likeness (QED) is 0.461. The molecule has 3 heterocycles. The molecule has 1 atom stereocenters. The number of carbonyl (C=O) groups is 1. The van der Waals surface area contributed by atoms with Crippen LogP contribution >= 0.6 is 23.4 Å². The van der Waals surface area contributed by atoms with Gasteiger partial charge in [0.1, 0.15) is 0 Å². The van der Waals surface area contributed by atoms with E-state index in [4.69, 9.17) is 16.3 Å². The molecule has 0 saturated carbocycles. The number of pyridine rings is 1. The molecular formula is C21H21ClN4O3S. The van der Waals surface area contributed by atoms with Crippen LogP contribution in [0.5, 0.6) is 0 Å². The number of benzene rings is 1. The second kappa shape index (κ2) is 9.16. The van der Waals surface area contributed by atoms with Gasteiger partial charge in [0.15, 0.2) is 10.8 Å². The first-order valence-electron chi connectivity index (χ1n) is 9.67. The number of thioether (sulfide) groups is 1. The highest BCUT2D eigenvalue weighted by atomic mass is 35.5. The van der Waals surface area contributed by atoms with E-state index in [2.05, 4.69) is 15.3 Å². The Morgan fingerprint density at radius 1 is 1.40 bits per heavy atom. The van der Waals surface area contributed by atoms with E-state index in [0.29, 0.717) is 40.1 Å². The highest BCUT2D eigenvalue weighted by Gasteiger charge is 2.21. The van der Waals surface area contributed by atoms with Crippen LogP contribution < -0.4 is 10.9 Å². The predicted molar refractivity (Wildman–Crippen MR) is 118 cm³/mol. The van der Waals surface area contributed by atoms with Crippen molar-refractivity contribution in [1.29, 1.82) is 0 Å². The van der Waals surface area contributed by atoms with Gasteiger partial charge in [-0.2, -0.15) is 0 Å². The van der Waals surface area contributed by atoms with Crippen LogP contribution in [0.15, 0.2) is 46.5 Å². The number of nitrogens with one attached hydrogen (secondary N) is 1. The maximum Gasteiger partial charge on any atom is 0.263 e. The number of carbonyl (C=O) groups excluding carboxylic acids is 1. The number of anilines is 1. The molecule has 0 spiro atoms. The Labute approximate surface area is 182 Å². The zero-order valence-corrected chi connectivity index (χ0v) is 18.0. The minimum atomic E-state index is -0.204. The fourth-order valence-electron chi connectivity index (χ4n) is 3.34. The SMILES string of the molecule is Cc1ccc(Cl)cc1NC(=O)CSc1nc2ncccc2c(=O)n1C[C@H]1CCCO1. The lowest BCUT2D eigenvalue weighted by Gasteiger charge is -2.16. The van der Waals surface area contributed by atoms with Gasteiger partial charge in [-0.25, -0.2) is 9.97 Å². The molecule has 0 aliphatic carbocycles. The van der Waals surface area contributed by atoms with Crippen molar-refractivity contribution in [3.63, 3.8) is 0 Å². The van der Waals surface area contributed by atoms with Crippen molar-refractivity contribution in [2.75, 3.05) is 17.7 Å². The maximum absolute atomic E-state index is 13.1. The Morgan fingerprint density at radius 3 is 3.07 bits per heavy atom. The summed E-state index contributed by atoms with van der Waals surface area (Å²) in [5, 5.41) is 4.33. The van der Waals surface area contributed by atoms with Crippen molar-refractivity contribution < 1.29 is 9.53 Å². The largest absolute Gasteiger partial charge is 0.376 e. The average molecular weight is 445 g/mol. The zero-order chi connectivity index (χ0) is 21.1. The molecule has 30 heavy (non-hydrogen) atoms. The Morgan fingerprint density at radius 2 is 2.27 bits per heavy atom. The lowest BCUT2D eigenvalue weighted by Crippen LogP contribution is -2.29. The third kappa shape index (κ3) is 4.66. The molecule has 7 nitrogen and oxygen atoms in total. The number of ether oxygens (including phenoxy) is 1. The van der Waals surface area contributed by atoms with Crippen LogP contribution in [-0.2, 0) is 16.1 Å². The zero-order valence-electron chi connectivity index (χ0n) is 16.4. The van der Waals surface area contributed by atoms with Crippen molar-refractivity contribution in [2.45, 2.75) is 37.6 Å². The molecule has 156 valence electrons. The Balaban J connectivity index is 1.56. The fourth-order valence-corrected chi connectivity index (χ4v) is 4.31. The molecule has 1 N–H and O–H groups in total. The first-order valence-corrected chi connectivity index (χ1v) is 11.0. The van der Waals surface area contributed by atoms with Crippen molar-refractivity contribution >= 4 is 46.0 Å². The van der Waals surface area contributed by atoms with E-state index in [-0.39, 0.29) is 23.3 Å². The monoisotopic (exact) mass is 444 g/mol. The van der Waals surface area contributed by atoms with E-state index >= 15 is 0 Å². The summed E-state index contributed by atoms with van der Waals surface area (Å²) in [7, 11) is 0. The number of hydrogen-bond donors (Lipinski definition) is 1. The molecular weight excluding hydrogens is 424 g/mol. The molecule has 1 saturated heterocycles. The highest BCUT2D eigenvalue weighted by molar-refractivity contribution is 7.99. The summed E-state index contributed by atoms with van der Waals surface area (Å²) in [4.78, 5) is 34.3. The van der Waals surface area contributed by atoms with Crippen molar-refractivity contribution in [2.24, 2.45) is 0 Å². The summed E-state index contributed by atoms with van der Waals surface area (Å²) in [6.45, 7) is 3.01. The number of aryl methyl sites for hydroxylation is 1. The van der Waals surface area contributed by atoms with Gasteiger partial charge < -0.3 is 10.1 Å². The Hall–Kier alpha value is -2.42. The van der Waals surface area contributed by atoms with Gasteiger partial charge in [-0.05, 0) is 49.6 Å². The smallest absolute Gasteiger partial charge is 0.263 e. The number of aromatic nitrogens is 3. The van der Waals surface area contributed by atoms with E-state index in [1.807, 2.05) is 13.0 Å². The highest BCUT2D eigenvalue weighted by Crippen LogP contribution is 2.23. The van der Waals surface area contributed by atoms with Crippen molar-refractivity contribution in [1.82, 2.24) is 14.5 Å². The molecule has 1 aliphatic rings. The van der Waals surface area contributed by atoms with Crippen LogP contribution in [0.4, 0.5) is 5.69 Å². The van der Waals surface area contributed by atoms with Crippen LogP contribution in [0.2, 0.25) is 5.02 Å². The van der Waals surface area contributed by atoms with E-state index in [0.717, 1.165) is 18.4 Å². The first kappa shape index (κ1) is 20.8. The standard InChI is InChI=1S/C21H21ClN4O3S/c1-13-6-7-14(22)10-17(13)24-18(27)12-30-21-25-19-16(5-2-8-23-19)20(28)26(21)11-15-4-3-9-29-15/h2,5-8,10,15H,3-4,9,11-12H2,1H3,(H,24,27)/t15-/m1/s1. The number of nitrogens with zero attached hydrogens (tertiary/aromatic N) is 3. The lowest BCUT2D eigenvalue weighted by atomic mass is 10.2. The van der Waals surface area contributed by atoms with Crippen LogP contribution in [0.25, 0.3) is 11.0 Å². The van der Waals surface area contributed by atoms with Crippen LogP contribution in [0.3, 0.4) is 0 Å². The van der Waals surface area contributed by atoms with Gasteiger partial charge in [0.2, 0.25) is 5.91 Å². The molecule has 9 heteroatoms. The summed E-state index contributed by atoms with van der Waals surface area (Å²) in [6, 6.07) is 8.77. The second-order valence-electron chi connectivity index (χ2n) is 7.12. The molecule has 1 amide bonds. The van der Waals surface area contributed by atoms with E-state index in [1.54, 1.807) is 35.0 Å². The van der Waals surface area contributed by atoms with Crippen molar-refractivity contribution in [3.05, 3.63) is 57.5 Å². The Bertz CT molecular complexity index is 1140. The van der Waals surface area contributed by atoms with Crippen LogP contribution in [-0.4, -0.2) is 38.9 Å². The van der Waals surface area contributed by atoms with Gasteiger partial charge in [-0.15, -0.1) is 0 Å². The number of halogens is 1. The molecule has 4 rings (SSSR count). The summed E-state index contributed by atoms with van der Waals surface area (Å²) in [6.07, 6.45) is 3.45. The molecule has 0 unspecified atom stereocenters. The molecule has 0 bridgehead atoms. The maximum atomic E-state index is 13.1. The van der Waals surface area contributed by atoms with Crippen molar-refractivity contribution in [3.8, 4) is 0 Å². The van der Waals surface area contributed by atoms with Gasteiger partial charge in [0.25, 0.3) is 5.56 Å². The normalized spacial score (nSPS) is 16.1. The van der Waals surface area contributed by atoms with E-state index in [1.165, 1.54) is 11.8 Å². The Kier molecular flexibility index (Phi) is 6.36. The van der Waals surface area contributed by atoms with Crippen LogP contribution in [0, 0.1) is 6.92 Å². The summed E-state index contributed by atoms with van der Waals surface area (Å²) in [5.41, 5.74) is 1.79. The molecule has 1 aliphatic heterocycles. The summed E-state index contributed by atoms with van der Waals surface area (Å²) >= 11 is 7.23. The predicted octanol–water partition coefficient (Wildman–Crippen LogP) is 3.66. The molecule has 0 radical (unpaired) electrons. The van der Waals surface area contributed by atoms with Gasteiger partial charge in [0.05, 0.1) is 23.8 Å². The molecule has 1 fully saturated rings. The first-order chi connectivity index (χ1) is 14.5. The van der Waals surface area contributed by atoms with Gasteiger partial charge in [0, 0.05) is 23.5 Å². The number of amides is 1. The third-order valence-electron chi connectivity index (χ3n) is 4.91. The number of rotatable bonds is 6. The van der Waals surface area contributed by atoms with Gasteiger partial charge in [-0.1, -0.05) is 29.4 Å². The average Bonchev–Trinajstić information content (AvgIpc) is 3.25. The minimum absolute atomic E-state index is 0.0269. The topological polar surface area (TPSA) is 86.1 Å². The van der Waals surface area contributed by atoms with E-state index in [9.17, 15) is 9.59 Å². The van der Waals surface area contributed by atoms with E-state index < -0.39 is 0 Å². The van der Waals surface area contributed by atoms with Gasteiger partial charge >= 0.3 is 0 Å². The molecule has 1 aromatic carbocycles. The fraction of sp³-hybridized carbons (Fsp3) is 0.333. The summed E-state index contributed by atoms with van der Waals surface area (Å²) in [5.74, 6) is -0.105. The summed E-state index contributed by atoms with van der Waals surface area (Å²) < 4.78 is 7.30. The number of hydrogen-bond acceptors (Lipinski definition) is 6. The van der Waals surface area contributed by atoms with Gasteiger partial charge in [-0.3, -0.25) is 14.2 Å². The third-order valence-corrected chi connectivity index (χ3v) is 6.12. The second-order valence-corrected chi connectivity index (χ2v) is 8.49. The number of fused-ring (bicyclic) bond motifs is 1. The van der Waals surface area contributed by atoms with Crippen LogP contribution in [0.1, 0.15) is 18.4 Å².